The third-order valence-electron chi connectivity index (χ3n) is 4.20. The zero-order valence-corrected chi connectivity index (χ0v) is 12.7. The number of rotatable bonds is 5. The number of hydrogen-bond donors (Lipinski definition) is 1. The first kappa shape index (κ1) is 14.2. The third-order valence-corrected chi connectivity index (χ3v) is 4.39. The summed E-state index contributed by atoms with van der Waals surface area (Å²) < 4.78 is 0. The molecule has 0 saturated heterocycles. The van der Waals surface area contributed by atoms with Crippen molar-refractivity contribution in [3.05, 3.63) is 24.0 Å². The number of nitrogens with zero attached hydrogens (tertiary/aromatic N) is 3. The van der Waals surface area contributed by atoms with Crippen molar-refractivity contribution in [3.8, 4) is 0 Å². The van der Waals surface area contributed by atoms with Crippen LogP contribution in [0.4, 0.5) is 5.69 Å². The van der Waals surface area contributed by atoms with Gasteiger partial charge in [0.2, 0.25) is 0 Å². The fourth-order valence-corrected chi connectivity index (χ4v) is 2.91. The molecule has 1 fully saturated rings. The van der Waals surface area contributed by atoms with Crippen LogP contribution in [0.15, 0.2) is 18.3 Å². The molecule has 0 atom stereocenters. The van der Waals surface area contributed by atoms with Crippen LogP contribution in [0.25, 0.3) is 0 Å². The van der Waals surface area contributed by atoms with Crippen LogP contribution in [0.3, 0.4) is 0 Å². The second-order valence-electron chi connectivity index (χ2n) is 5.56. The maximum Gasteiger partial charge on any atom is 0.124 e. The standard InChI is InChI=1S/C14H22N4S/c1-17(2)14(7-5-8-14)10-18(3)11-6-4-9-16-12(11)13(15)19/h4,6,9H,5,7-8,10H2,1-3H3,(H2,15,19). The Bertz CT molecular complexity index is 468. The minimum Gasteiger partial charge on any atom is -0.388 e. The molecular formula is C14H22N4S. The van der Waals surface area contributed by atoms with Gasteiger partial charge in [-0.2, -0.15) is 0 Å². The number of aromatic nitrogens is 1. The minimum atomic E-state index is 0.276. The number of likely N-dealkylation sites (N-methyl/N-ethyl adjacent to an activating group) is 2. The Morgan fingerprint density at radius 2 is 2.11 bits per heavy atom. The average molecular weight is 278 g/mol. The van der Waals surface area contributed by atoms with Crippen LogP contribution >= 0.6 is 12.2 Å². The number of pyridine rings is 1. The van der Waals surface area contributed by atoms with Crippen LogP contribution in [0.1, 0.15) is 25.0 Å². The van der Waals surface area contributed by atoms with Crippen LogP contribution in [0.2, 0.25) is 0 Å². The fraction of sp³-hybridized carbons (Fsp3) is 0.571. The van der Waals surface area contributed by atoms with Crippen molar-refractivity contribution in [2.45, 2.75) is 24.8 Å². The SMILES string of the molecule is CN(CC1(N(C)C)CCC1)c1cccnc1C(N)=S. The van der Waals surface area contributed by atoms with E-state index in [4.69, 9.17) is 18.0 Å². The predicted molar refractivity (Wildman–Crippen MR) is 83.7 cm³/mol. The summed E-state index contributed by atoms with van der Waals surface area (Å²) in [5.41, 5.74) is 7.76. The summed E-state index contributed by atoms with van der Waals surface area (Å²) in [6.07, 6.45) is 5.53. The summed E-state index contributed by atoms with van der Waals surface area (Å²) >= 11 is 5.08. The van der Waals surface area contributed by atoms with E-state index in [1.54, 1.807) is 6.20 Å². The molecule has 2 N–H and O–H groups in total. The molecule has 1 aromatic rings. The number of hydrogen-bond acceptors (Lipinski definition) is 4. The van der Waals surface area contributed by atoms with Crippen molar-refractivity contribution in [2.75, 3.05) is 32.6 Å². The van der Waals surface area contributed by atoms with E-state index >= 15 is 0 Å². The first-order valence-electron chi connectivity index (χ1n) is 6.60. The van der Waals surface area contributed by atoms with Gasteiger partial charge in [0.25, 0.3) is 0 Å². The Kier molecular flexibility index (Phi) is 4.06. The van der Waals surface area contributed by atoms with Crippen molar-refractivity contribution >= 4 is 22.9 Å². The van der Waals surface area contributed by atoms with E-state index < -0.39 is 0 Å². The Morgan fingerprint density at radius 1 is 1.42 bits per heavy atom. The van der Waals surface area contributed by atoms with Gasteiger partial charge in [-0.15, -0.1) is 0 Å². The molecule has 0 unspecified atom stereocenters. The fourth-order valence-electron chi connectivity index (χ4n) is 2.75. The van der Waals surface area contributed by atoms with E-state index in [1.807, 2.05) is 12.1 Å². The molecule has 0 amide bonds. The predicted octanol–water partition coefficient (Wildman–Crippen LogP) is 1.64. The Hall–Kier alpha value is -1.20. The Labute approximate surface area is 120 Å². The second-order valence-corrected chi connectivity index (χ2v) is 6.00. The van der Waals surface area contributed by atoms with Gasteiger partial charge in [-0.1, -0.05) is 12.2 Å². The minimum absolute atomic E-state index is 0.276. The Morgan fingerprint density at radius 3 is 2.58 bits per heavy atom. The third kappa shape index (κ3) is 2.72. The smallest absolute Gasteiger partial charge is 0.124 e. The molecule has 1 aromatic heterocycles. The van der Waals surface area contributed by atoms with Crippen molar-refractivity contribution in [1.29, 1.82) is 0 Å². The summed E-state index contributed by atoms with van der Waals surface area (Å²) in [6.45, 7) is 0.974. The Balaban J connectivity index is 2.20. The first-order chi connectivity index (χ1) is 8.96. The zero-order valence-electron chi connectivity index (χ0n) is 11.9. The van der Waals surface area contributed by atoms with Gasteiger partial charge in [-0.25, -0.2) is 0 Å². The summed E-state index contributed by atoms with van der Waals surface area (Å²) in [5.74, 6) is 0. The highest BCUT2D eigenvalue weighted by atomic mass is 32.1. The van der Waals surface area contributed by atoms with Gasteiger partial charge in [0, 0.05) is 25.3 Å². The van der Waals surface area contributed by atoms with Gasteiger partial charge < -0.3 is 15.5 Å². The number of anilines is 1. The quantitative estimate of drug-likeness (QED) is 0.830. The molecule has 0 bridgehead atoms. The molecule has 0 spiro atoms. The molecule has 0 aliphatic heterocycles. The van der Waals surface area contributed by atoms with Gasteiger partial charge in [0.1, 0.15) is 10.7 Å². The van der Waals surface area contributed by atoms with Crippen molar-refractivity contribution in [3.63, 3.8) is 0 Å². The zero-order chi connectivity index (χ0) is 14.0. The van der Waals surface area contributed by atoms with Gasteiger partial charge >= 0.3 is 0 Å². The van der Waals surface area contributed by atoms with Crippen LogP contribution < -0.4 is 10.6 Å². The highest BCUT2D eigenvalue weighted by molar-refractivity contribution is 7.80. The lowest BCUT2D eigenvalue weighted by Crippen LogP contribution is -2.57. The lowest BCUT2D eigenvalue weighted by Gasteiger charge is -2.49. The van der Waals surface area contributed by atoms with Gasteiger partial charge in [-0.3, -0.25) is 4.98 Å². The largest absolute Gasteiger partial charge is 0.388 e. The van der Waals surface area contributed by atoms with Gasteiger partial charge in [-0.05, 0) is 45.5 Å². The van der Waals surface area contributed by atoms with E-state index in [1.165, 1.54) is 19.3 Å². The van der Waals surface area contributed by atoms with Crippen molar-refractivity contribution in [2.24, 2.45) is 5.73 Å². The maximum absolute atomic E-state index is 5.75. The molecular weight excluding hydrogens is 256 g/mol. The van der Waals surface area contributed by atoms with E-state index in [0.29, 0.717) is 10.7 Å². The lowest BCUT2D eigenvalue weighted by molar-refractivity contribution is 0.0683. The van der Waals surface area contributed by atoms with Gasteiger partial charge in [0.05, 0.1) is 5.69 Å². The summed E-state index contributed by atoms with van der Waals surface area (Å²) in [4.78, 5) is 9.21. The molecule has 2 rings (SSSR count). The molecule has 5 heteroatoms. The number of nitrogens with two attached hydrogens (primary N) is 1. The first-order valence-corrected chi connectivity index (χ1v) is 7.00. The molecule has 0 aromatic carbocycles. The van der Waals surface area contributed by atoms with E-state index in [2.05, 4.69) is 35.9 Å². The molecule has 1 aliphatic carbocycles. The van der Waals surface area contributed by atoms with E-state index in [9.17, 15) is 0 Å². The monoisotopic (exact) mass is 278 g/mol. The topological polar surface area (TPSA) is 45.4 Å². The summed E-state index contributed by atoms with van der Waals surface area (Å²) in [5, 5.41) is 0. The van der Waals surface area contributed by atoms with Crippen LogP contribution in [0, 0.1) is 0 Å². The van der Waals surface area contributed by atoms with Crippen LogP contribution in [-0.2, 0) is 0 Å². The highest BCUT2D eigenvalue weighted by Gasteiger charge is 2.40. The molecule has 104 valence electrons. The van der Waals surface area contributed by atoms with E-state index in [0.717, 1.165) is 12.2 Å². The maximum atomic E-state index is 5.75. The van der Waals surface area contributed by atoms with Gasteiger partial charge in [0.15, 0.2) is 0 Å². The molecule has 19 heavy (non-hydrogen) atoms. The van der Waals surface area contributed by atoms with Crippen LogP contribution in [0.5, 0.6) is 0 Å². The van der Waals surface area contributed by atoms with Crippen LogP contribution in [-0.4, -0.2) is 48.1 Å². The molecule has 4 nitrogen and oxygen atoms in total. The summed E-state index contributed by atoms with van der Waals surface area (Å²) in [6, 6.07) is 3.96. The second kappa shape index (κ2) is 5.43. The molecule has 1 saturated carbocycles. The number of thiocarbonyl (C=S) groups is 1. The average Bonchev–Trinajstić information content (AvgIpc) is 2.33. The molecule has 0 radical (unpaired) electrons. The van der Waals surface area contributed by atoms with Crippen molar-refractivity contribution < 1.29 is 0 Å². The van der Waals surface area contributed by atoms with Crippen molar-refractivity contribution in [1.82, 2.24) is 9.88 Å². The summed E-state index contributed by atoms with van der Waals surface area (Å²) in [7, 11) is 6.40. The van der Waals surface area contributed by atoms with E-state index in [-0.39, 0.29) is 5.54 Å². The molecule has 1 aliphatic rings. The molecule has 1 heterocycles. The highest BCUT2D eigenvalue weighted by Crippen LogP contribution is 2.37. The lowest BCUT2D eigenvalue weighted by atomic mass is 9.75. The normalized spacial score (nSPS) is 17.1.